The molecule has 6 nitrogen and oxygen atoms in total. The highest BCUT2D eigenvalue weighted by Crippen LogP contribution is 2.36. The fourth-order valence-electron chi connectivity index (χ4n) is 2.33. The van der Waals surface area contributed by atoms with Crippen molar-refractivity contribution in [2.45, 2.75) is 45.3 Å². The summed E-state index contributed by atoms with van der Waals surface area (Å²) in [6.45, 7) is 11.9. The van der Waals surface area contributed by atoms with Gasteiger partial charge in [-0.25, -0.2) is 9.50 Å². The zero-order valence-electron chi connectivity index (χ0n) is 15.8. The van der Waals surface area contributed by atoms with Gasteiger partial charge in [0, 0.05) is 6.61 Å². The minimum Gasteiger partial charge on any atom is -0.416 e. The lowest BCUT2D eigenvalue weighted by Crippen LogP contribution is -2.41. The minimum absolute atomic E-state index is 0.204. The van der Waals surface area contributed by atoms with Crippen LogP contribution in [0.15, 0.2) is 30.6 Å². The van der Waals surface area contributed by atoms with Crippen LogP contribution in [0.1, 0.15) is 26.3 Å². The highest BCUT2D eigenvalue weighted by Gasteiger charge is 2.36. The summed E-state index contributed by atoms with van der Waals surface area (Å²) in [7, 11) is -1.74. The van der Waals surface area contributed by atoms with Crippen molar-refractivity contribution in [1.82, 2.24) is 24.8 Å². The second-order valence-electron chi connectivity index (χ2n) is 7.88. The Hall–Kier alpha value is -1.83. The molecule has 3 aromatic rings. The average molecular weight is 390 g/mol. The molecule has 0 saturated heterocycles. The minimum atomic E-state index is -1.74. The normalized spacial score (nSPS) is 12.7. The molecular weight excluding hydrogens is 366 g/mol. The zero-order chi connectivity index (χ0) is 18.9. The van der Waals surface area contributed by atoms with Gasteiger partial charge in [0.1, 0.15) is 16.5 Å². The standard InChI is InChI=1S/C18H24ClN5OSi/c1-18(2,3)26(4,5)25-9-8-13-10-14(22-21-11-13)15-12-20-17-7-6-16(19)23-24(15)17/h6-7,10-12H,8-9H2,1-5H3. The Bertz CT molecular complexity index is 919. The molecule has 0 aromatic carbocycles. The van der Waals surface area contributed by atoms with Gasteiger partial charge in [-0.05, 0) is 48.3 Å². The molecule has 0 amide bonds. The van der Waals surface area contributed by atoms with Gasteiger partial charge in [-0.2, -0.15) is 10.2 Å². The maximum absolute atomic E-state index is 6.26. The number of hydrogen-bond donors (Lipinski definition) is 0. The van der Waals surface area contributed by atoms with Crippen LogP contribution in [0, 0.1) is 0 Å². The summed E-state index contributed by atoms with van der Waals surface area (Å²) < 4.78 is 7.94. The van der Waals surface area contributed by atoms with Gasteiger partial charge in [0.25, 0.3) is 0 Å². The van der Waals surface area contributed by atoms with Gasteiger partial charge >= 0.3 is 0 Å². The second-order valence-corrected chi connectivity index (χ2v) is 13.1. The number of rotatable bonds is 5. The molecule has 0 aliphatic rings. The Labute approximate surface area is 159 Å². The molecular formula is C18H24ClN5OSi. The molecule has 3 rings (SSSR count). The van der Waals surface area contributed by atoms with Gasteiger partial charge in [0.05, 0.1) is 12.4 Å². The topological polar surface area (TPSA) is 65.2 Å². The van der Waals surface area contributed by atoms with Crippen LogP contribution in [-0.4, -0.2) is 39.7 Å². The van der Waals surface area contributed by atoms with Crippen molar-refractivity contribution in [3.63, 3.8) is 0 Å². The third kappa shape index (κ3) is 3.95. The molecule has 0 atom stereocenters. The SMILES string of the molecule is CC(C)(C)[Si](C)(C)OCCc1cnnc(-c2cnc3ccc(Cl)nn23)c1. The molecule has 0 aliphatic carbocycles. The van der Waals surface area contributed by atoms with Gasteiger partial charge in [-0.3, -0.25) is 0 Å². The van der Waals surface area contributed by atoms with Gasteiger partial charge < -0.3 is 4.43 Å². The first-order chi connectivity index (χ1) is 12.2. The van der Waals surface area contributed by atoms with Gasteiger partial charge in [-0.1, -0.05) is 32.4 Å². The molecule has 0 aliphatic heterocycles. The lowest BCUT2D eigenvalue weighted by Gasteiger charge is -2.36. The maximum atomic E-state index is 6.26. The first-order valence-electron chi connectivity index (χ1n) is 8.64. The number of aromatic nitrogens is 5. The van der Waals surface area contributed by atoms with E-state index in [1.54, 1.807) is 23.0 Å². The van der Waals surface area contributed by atoms with E-state index in [9.17, 15) is 0 Å². The molecule has 0 unspecified atom stereocenters. The summed E-state index contributed by atoms with van der Waals surface area (Å²) in [5.41, 5.74) is 3.28. The monoisotopic (exact) mass is 389 g/mol. The summed E-state index contributed by atoms with van der Waals surface area (Å²) in [4.78, 5) is 4.34. The Morgan fingerprint density at radius 2 is 1.96 bits per heavy atom. The van der Waals surface area contributed by atoms with Crippen molar-refractivity contribution < 1.29 is 4.43 Å². The molecule has 0 spiro atoms. The van der Waals surface area contributed by atoms with Crippen LogP contribution >= 0.6 is 11.6 Å². The van der Waals surface area contributed by atoms with E-state index in [2.05, 4.69) is 54.1 Å². The van der Waals surface area contributed by atoms with E-state index in [-0.39, 0.29) is 5.04 Å². The quantitative estimate of drug-likeness (QED) is 0.605. The summed E-state index contributed by atoms with van der Waals surface area (Å²) in [6.07, 6.45) is 4.31. The van der Waals surface area contributed by atoms with Crippen LogP contribution in [0.25, 0.3) is 17.0 Å². The molecule has 0 bridgehead atoms. The summed E-state index contributed by atoms with van der Waals surface area (Å²) in [6, 6.07) is 5.55. The molecule has 3 aromatic heterocycles. The predicted octanol–water partition coefficient (Wildman–Crippen LogP) is 4.40. The molecule has 0 saturated carbocycles. The zero-order valence-corrected chi connectivity index (χ0v) is 17.6. The van der Waals surface area contributed by atoms with E-state index < -0.39 is 8.32 Å². The third-order valence-corrected chi connectivity index (χ3v) is 9.70. The fraction of sp³-hybridized carbons (Fsp3) is 0.444. The van der Waals surface area contributed by atoms with Crippen LogP contribution in [0.3, 0.4) is 0 Å². The third-order valence-electron chi connectivity index (χ3n) is 4.96. The number of imidazole rings is 1. The molecule has 3 heterocycles. The maximum Gasteiger partial charge on any atom is 0.191 e. The van der Waals surface area contributed by atoms with Crippen molar-refractivity contribution >= 4 is 25.6 Å². The molecule has 26 heavy (non-hydrogen) atoms. The first kappa shape index (κ1) is 18.9. The number of hydrogen-bond acceptors (Lipinski definition) is 5. The highest BCUT2D eigenvalue weighted by molar-refractivity contribution is 6.74. The van der Waals surface area contributed by atoms with E-state index in [4.69, 9.17) is 16.0 Å². The first-order valence-corrected chi connectivity index (χ1v) is 11.9. The van der Waals surface area contributed by atoms with Crippen molar-refractivity contribution in [3.8, 4) is 11.4 Å². The number of halogens is 1. The highest BCUT2D eigenvalue weighted by atomic mass is 35.5. The predicted molar refractivity (Wildman–Crippen MR) is 106 cm³/mol. The lowest BCUT2D eigenvalue weighted by atomic mass is 10.2. The lowest BCUT2D eigenvalue weighted by molar-refractivity contribution is 0.292. The van der Waals surface area contributed by atoms with E-state index in [1.165, 1.54) is 0 Å². The Kier molecular flexibility index (Phi) is 5.14. The van der Waals surface area contributed by atoms with E-state index in [1.807, 2.05) is 12.1 Å². The van der Waals surface area contributed by atoms with Gasteiger partial charge in [-0.15, -0.1) is 5.10 Å². The van der Waals surface area contributed by atoms with Crippen LogP contribution in [0.5, 0.6) is 0 Å². The van der Waals surface area contributed by atoms with Crippen molar-refractivity contribution in [2.75, 3.05) is 6.61 Å². The molecule has 8 heteroatoms. The molecule has 138 valence electrons. The summed E-state index contributed by atoms with van der Waals surface area (Å²) in [5.74, 6) is 0. The Morgan fingerprint density at radius 1 is 1.19 bits per heavy atom. The number of nitrogens with zero attached hydrogens (tertiary/aromatic N) is 5. The largest absolute Gasteiger partial charge is 0.416 e. The average Bonchev–Trinajstić information content (AvgIpc) is 2.97. The van der Waals surface area contributed by atoms with E-state index >= 15 is 0 Å². The van der Waals surface area contributed by atoms with Crippen LogP contribution in [0.4, 0.5) is 0 Å². The smallest absolute Gasteiger partial charge is 0.191 e. The van der Waals surface area contributed by atoms with Crippen molar-refractivity contribution in [3.05, 3.63) is 41.3 Å². The molecule has 0 radical (unpaired) electrons. The van der Waals surface area contributed by atoms with Crippen LogP contribution in [0.2, 0.25) is 23.3 Å². The summed E-state index contributed by atoms with van der Waals surface area (Å²) >= 11 is 6.01. The number of fused-ring (bicyclic) bond motifs is 1. The van der Waals surface area contributed by atoms with E-state index in [0.717, 1.165) is 29.0 Å². The molecule has 0 fully saturated rings. The Balaban J connectivity index is 1.77. The van der Waals surface area contributed by atoms with Crippen molar-refractivity contribution in [1.29, 1.82) is 0 Å². The summed E-state index contributed by atoms with van der Waals surface area (Å²) in [5, 5.41) is 13.3. The van der Waals surface area contributed by atoms with Gasteiger partial charge in [0.2, 0.25) is 0 Å². The second kappa shape index (κ2) is 7.06. The van der Waals surface area contributed by atoms with Crippen LogP contribution < -0.4 is 0 Å². The van der Waals surface area contributed by atoms with E-state index in [0.29, 0.717) is 11.8 Å². The fourth-order valence-corrected chi connectivity index (χ4v) is 3.52. The molecule has 0 N–H and O–H groups in total. The Morgan fingerprint density at radius 3 is 2.69 bits per heavy atom. The van der Waals surface area contributed by atoms with Gasteiger partial charge in [0.15, 0.2) is 14.0 Å². The van der Waals surface area contributed by atoms with Crippen LogP contribution in [-0.2, 0) is 10.8 Å². The van der Waals surface area contributed by atoms with Crippen molar-refractivity contribution in [2.24, 2.45) is 0 Å².